The molecule has 5 heterocycles. The maximum absolute atomic E-state index is 17.5. The Morgan fingerprint density at radius 2 is 2.02 bits per heavy atom. The van der Waals surface area contributed by atoms with E-state index in [0.717, 1.165) is 17.4 Å². The third-order valence-corrected chi connectivity index (χ3v) is 12.2. The average Bonchev–Trinajstić information content (AvgIpc) is 3.72. The number of thiophene rings is 1. The molecule has 2 N–H and O–H groups in total. The minimum absolute atomic E-state index is 0.0453. The molecule has 0 saturated carbocycles. The van der Waals surface area contributed by atoms with Gasteiger partial charge in [-0.25, -0.2) is 26.7 Å². The second-order valence-electron chi connectivity index (χ2n) is 15.2. The van der Waals surface area contributed by atoms with Gasteiger partial charge in [-0.3, -0.25) is 9.80 Å². The van der Waals surface area contributed by atoms with Crippen molar-refractivity contribution in [2.45, 2.75) is 89.2 Å². The number of carbonyl (C=O) groups is 1. The summed E-state index contributed by atoms with van der Waals surface area (Å²) in [5.41, 5.74) is -2.82. The molecular weight excluding hydrogens is 771 g/mol. The Morgan fingerprint density at radius 1 is 1.27 bits per heavy atom. The first kappa shape index (κ1) is 39.0. The summed E-state index contributed by atoms with van der Waals surface area (Å²) in [6, 6.07) is 2.92. The molecule has 0 aliphatic carbocycles. The zero-order valence-electron chi connectivity index (χ0n) is 30.3. The molecule has 4 atom stereocenters. The first-order valence-electron chi connectivity index (χ1n) is 17.8. The summed E-state index contributed by atoms with van der Waals surface area (Å²) in [5.74, 6) is -2.13. The number of carboxylic acid groups (broad SMARTS) is 1. The van der Waals surface area contributed by atoms with E-state index in [4.69, 9.17) is 21.1 Å². The lowest BCUT2D eigenvalue weighted by molar-refractivity contribution is 0.107. The van der Waals surface area contributed by atoms with E-state index in [9.17, 15) is 33.4 Å². The third-order valence-electron chi connectivity index (χ3n) is 10.6. The fraction of sp³-hybridized carbons (Fsp3) is 0.514. The lowest BCUT2D eigenvalue weighted by Gasteiger charge is -2.33. The number of hydrogen-bond donors (Lipinski definition) is 2. The van der Waals surface area contributed by atoms with Crippen LogP contribution in [0, 0.1) is 23.0 Å². The highest BCUT2D eigenvalue weighted by atomic mass is 35.5. The SMILES string of the molecule is C[C@@H](O)[C@H]1COc2c(Cl)c(-c3ccc(F)c4sc(N(C(=O)O)C(C)(C)C)c(C#N)c34)c(F)c3nc(OC[C@@]45CCCN4C[C@H](F)C5)nc(c23)N1CCC(F)F. The van der Waals surface area contributed by atoms with E-state index in [1.807, 2.05) is 11.0 Å². The minimum Gasteiger partial charge on any atom is -0.489 e. The van der Waals surface area contributed by atoms with E-state index in [0.29, 0.717) is 24.3 Å². The van der Waals surface area contributed by atoms with Gasteiger partial charge in [0.1, 0.15) is 47.6 Å². The van der Waals surface area contributed by atoms with Crippen molar-refractivity contribution in [2.24, 2.45) is 0 Å². The van der Waals surface area contributed by atoms with Crippen LogP contribution in [0.2, 0.25) is 5.02 Å². The van der Waals surface area contributed by atoms with Crippen molar-refractivity contribution in [3.05, 3.63) is 34.4 Å². The Kier molecular flexibility index (Phi) is 10.2. The van der Waals surface area contributed by atoms with Gasteiger partial charge in [0.2, 0.25) is 6.43 Å². The Labute approximate surface area is 321 Å². The molecule has 3 aliphatic heterocycles. The van der Waals surface area contributed by atoms with Gasteiger partial charge < -0.3 is 24.6 Å². The molecule has 4 aromatic rings. The minimum atomic E-state index is -2.74. The number of aliphatic hydroxyl groups excluding tert-OH is 1. The van der Waals surface area contributed by atoms with Crippen LogP contribution in [-0.4, -0.2) is 99.8 Å². The van der Waals surface area contributed by atoms with Crippen molar-refractivity contribution in [1.29, 1.82) is 5.26 Å². The number of hydrogen-bond acceptors (Lipinski definition) is 10. The highest BCUT2D eigenvalue weighted by molar-refractivity contribution is 7.23. The number of nitriles is 1. The summed E-state index contributed by atoms with van der Waals surface area (Å²) in [6.07, 6.45) is -5.35. The van der Waals surface area contributed by atoms with Crippen molar-refractivity contribution in [3.8, 4) is 29.0 Å². The number of rotatable bonds is 9. The van der Waals surface area contributed by atoms with Crippen molar-refractivity contribution in [1.82, 2.24) is 14.9 Å². The number of halogens is 6. The topological polar surface area (TPSA) is 135 Å². The zero-order valence-corrected chi connectivity index (χ0v) is 31.9. The van der Waals surface area contributed by atoms with Crippen LogP contribution in [0.4, 0.5) is 37.6 Å². The quantitative estimate of drug-likeness (QED) is 0.160. The number of amides is 1. The molecule has 0 bridgehead atoms. The standard InChI is InChI=1S/C37H38ClF5N6O5S/c1-17(50)22-15-53-30-26-29(45-34(46-32(26)48(22)11-8-23(41)42)54-16-37-9-5-10-47(37)14-18(39)12-37)28(43)25(27(30)38)19-6-7-21(40)31-24(19)20(13-44)33(55-31)49(35(51)52)36(2,3)4/h6-7,17-18,22-23,50H,5,8-12,14-16H2,1-4H3,(H,51,52)/t17-,18-,22-,37+/m1/s1. The first-order chi connectivity index (χ1) is 26.0. The van der Waals surface area contributed by atoms with Gasteiger partial charge in [0.15, 0.2) is 11.6 Å². The summed E-state index contributed by atoms with van der Waals surface area (Å²) < 4.78 is 87.3. The van der Waals surface area contributed by atoms with Crippen LogP contribution in [0.15, 0.2) is 12.1 Å². The maximum atomic E-state index is 17.5. The number of nitrogens with zero attached hydrogens (tertiary/aromatic N) is 6. The van der Waals surface area contributed by atoms with E-state index in [1.165, 1.54) is 17.9 Å². The van der Waals surface area contributed by atoms with Crippen LogP contribution in [0.1, 0.15) is 58.9 Å². The summed E-state index contributed by atoms with van der Waals surface area (Å²) in [4.78, 5) is 25.8. The Balaban J connectivity index is 1.49. The monoisotopic (exact) mass is 808 g/mol. The lowest BCUT2D eigenvalue weighted by atomic mass is 9.95. The molecule has 1 amide bonds. The smallest absolute Gasteiger partial charge is 0.412 e. The van der Waals surface area contributed by atoms with Gasteiger partial charge in [-0.15, -0.1) is 11.3 Å². The van der Waals surface area contributed by atoms with Crippen molar-refractivity contribution >= 4 is 60.8 Å². The van der Waals surface area contributed by atoms with Gasteiger partial charge in [-0.2, -0.15) is 15.2 Å². The van der Waals surface area contributed by atoms with Gasteiger partial charge in [-0.05, 0) is 58.7 Å². The molecule has 11 nitrogen and oxygen atoms in total. The second kappa shape index (κ2) is 14.4. The normalized spacial score (nSPS) is 21.8. The fourth-order valence-corrected chi connectivity index (χ4v) is 9.86. The number of fused-ring (bicyclic) bond motifs is 2. The first-order valence-corrected chi connectivity index (χ1v) is 19.0. The Morgan fingerprint density at radius 3 is 2.67 bits per heavy atom. The van der Waals surface area contributed by atoms with E-state index in [1.54, 1.807) is 20.8 Å². The summed E-state index contributed by atoms with van der Waals surface area (Å²) in [6.45, 7) is 6.46. The number of ether oxygens (including phenoxy) is 2. The number of benzene rings is 2. The van der Waals surface area contributed by atoms with Gasteiger partial charge >= 0.3 is 12.1 Å². The van der Waals surface area contributed by atoms with Crippen LogP contribution in [0.5, 0.6) is 11.8 Å². The Hall–Kier alpha value is -4.24. The average molecular weight is 809 g/mol. The van der Waals surface area contributed by atoms with Gasteiger partial charge in [0.05, 0.1) is 38.4 Å². The molecule has 0 unspecified atom stereocenters. The van der Waals surface area contributed by atoms with Crippen LogP contribution >= 0.6 is 22.9 Å². The van der Waals surface area contributed by atoms with E-state index < -0.39 is 65.5 Å². The second-order valence-corrected chi connectivity index (χ2v) is 16.6. The fourth-order valence-electron chi connectivity index (χ4n) is 8.16. The van der Waals surface area contributed by atoms with Crippen molar-refractivity contribution in [2.75, 3.05) is 42.6 Å². The molecule has 55 heavy (non-hydrogen) atoms. The highest BCUT2D eigenvalue weighted by Gasteiger charge is 2.49. The molecule has 294 valence electrons. The lowest BCUT2D eigenvalue weighted by Crippen LogP contribution is -2.47. The Bertz CT molecular complexity index is 2230. The van der Waals surface area contributed by atoms with Gasteiger partial charge in [0, 0.05) is 42.4 Å². The number of aromatic nitrogens is 2. The molecule has 18 heteroatoms. The number of alkyl halides is 3. The molecule has 7 rings (SSSR count). The van der Waals surface area contributed by atoms with Crippen LogP contribution in [0.3, 0.4) is 0 Å². The van der Waals surface area contributed by atoms with Gasteiger partial charge in [-0.1, -0.05) is 17.7 Å². The summed E-state index contributed by atoms with van der Waals surface area (Å²) in [7, 11) is 0. The molecule has 3 aliphatic rings. The number of anilines is 2. The number of aliphatic hydroxyl groups is 1. The maximum Gasteiger partial charge on any atom is 0.412 e. The van der Waals surface area contributed by atoms with Crippen LogP contribution in [-0.2, 0) is 0 Å². The molecule has 0 radical (unpaired) electrons. The van der Waals surface area contributed by atoms with Gasteiger partial charge in [0.25, 0.3) is 0 Å². The van der Waals surface area contributed by atoms with E-state index >= 15 is 8.78 Å². The van der Waals surface area contributed by atoms with Crippen molar-refractivity contribution in [3.63, 3.8) is 0 Å². The van der Waals surface area contributed by atoms with E-state index in [-0.39, 0.29) is 92.5 Å². The highest BCUT2D eigenvalue weighted by Crippen LogP contribution is 2.52. The summed E-state index contributed by atoms with van der Waals surface area (Å²) >= 11 is 7.73. The zero-order chi connectivity index (χ0) is 39.7. The molecular formula is C37H38ClF5N6O5S. The predicted octanol–water partition coefficient (Wildman–Crippen LogP) is 8.16. The van der Waals surface area contributed by atoms with E-state index in [2.05, 4.69) is 9.97 Å². The molecule has 0 spiro atoms. The van der Waals surface area contributed by atoms with Crippen molar-refractivity contribution < 1.29 is 46.4 Å². The third kappa shape index (κ3) is 6.64. The molecule has 2 aromatic carbocycles. The molecule has 2 saturated heterocycles. The summed E-state index contributed by atoms with van der Waals surface area (Å²) in [5, 5.41) is 30.8. The van der Waals surface area contributed by atoms with Crippen LogP contribution in [0.25, 0.3) is 32.1 Å². The molecule has 2 aromatic heterocycles. The predicted molar refractivity (Wildman–Crippen MR) is 198 cm³/mol. The largest absolute Gasteiger partial charge is 0.489 e. The van der Waals surface area contributed by atoms with Crippen LogP contribution < -0.4 is 19.3 Å². The molecule has 2 fully saturated rings.